The Balaban J connectivity index is 1.61. The Labute approximate surface area is 132 Å². The van der Waals surface area contributed by atoms with Gasteiger partial charge in [-0.1, -0.05) is 30.0 Å². The molecule has 2 N–H and O–H groups in total. The van der Waals surface area contributed by atoms with Crippen LogP contribution in [-0.4, -0.2) is 29.0 Å². The van der Waals surface area contributed by atoms with Gasteiger partial charge >= 0.3 is 0 Å². The lowest BCUT2D eigenvalue weighted by molar-refractivity contribution is -0.0226. The molecule has 0 saturated carbocycles. The highest BCUT2D eigenvalue weighted by molar-refractivity contribution is 7.99. The molecule has 2 heterocycles. The summed E-state index contributed by atoms with van der Waals surface area (Å²) in [5, 5.41) is 19.1. The largest absolute Gasteiger partial charge is 0.455 e. The molecule has 22 heavy (non-hydrogen) atoms. The van der Waals surface area contributed by atoms with Crippen molar-refractivity contribution in [2.45, 2.75) is 34.5 Å². The molecule has 0 aromatic heterocycles. The van der Waals surface area contributed by atoms with Gasteiger partial charge < -0.3 is 19.7 Å². The Bertz CT molecular complexity index is 703. The predicted molar refractivity (Wildman–Crippen MR) is 82.4 cm³/mol. The first-order valence-electron chi connectivity index (χ1n) is 7.27. The van der Waals surface area contributed by atoms with Crippen molar-refractivity contribution in [3.8, 4) is 11.5 Å². The second-order valence-corrected chi connectivity index (χ2v) is 6.59. The van der Waals surface area contributed by atoms with Crippen LogP contribution in [0.25, 0.3) is 0 Å². The zero-order valence-electron chi connectivity index (χ0n) is 11.8. The lowest BCUT2D eigenvalue weighted by atomic mass is 10.0. The van der Waals surface area contributed by atoms with Gasteiger partial charge in [-0.15, -0.1) is 0 Å². The fourth-order valence-corrected chi connectivity index (χ4v) is 3.78. The molecule has 3 atom stereocenters. The topological polar surface area (TPSA) is 58.9 Å². The number of hydrogen-bond acceptors (Lipinski definition) is 5. The minimum atomic E-state index is -0.623. The van der Waals surface area contributed by atoms with Gasteiger partial charge in [0.1, 0.15) is 17.6 Å². The van der Waals surface area contributed by atoms with E-state index in [1.165, 1.54) is 0 Å². The van der Waals surface area contributed by atoms with Crippen molar-refractivity contribution in [2.24, 2.45) is 0 Å². The number of ether oxygens (including phenoxy) is 2. The number of rotatable bonds is 2. The lowest BCUT2D eigenvalue weighted by Crippen LogP contribution is -2.24. The van der Waals surface area contributed by atoms with E-state index in [-0.39, 0.29) is 12.7 Å². The first kappa shape index (κ1) is 14.1. The highest BCUT2D eigenvalue weighted by Crippen LogP contribution is 2.48. The molecule has 2 aliphatic heterocycles. The van der Waals surface area contributed by atoms with E-state index in [4.69, 9.17) is 9.47 Å². The SMILES string of the molecule is OCC1OC(c2ccc3c(c2)Oc2ccccc2S3)CC1O. The van der Waals surface area contributed by atoms with Crippen LogP contribution < -0.4 is 4.74 Å². The van der Waals surface area contributed by atoms with Crippen molar-refractivity contribution in [3.63, 3.8) is 0 Å². The van der Waals surface area contributed by atoms with Gasteiger partial charge in [0.2, 0.25) is 0 Å². The Morgan fingerprint density at radius 3 is 2.73 bits per heavy atom. The molecule has 0 aliphatic carbocycles. The van der Waals surface area contributed by atoms with Crippen LogP contribution in [0.15, 0.2) is 52.3 Å². The molecule has 1 saturated heterocycles. The van der Waals surface area contributed by atoms with Crippen molar-refractivity contribution in [2.75, 3.05) is 6.61 Å². The zero-order valence-corrected chi connectivity index (χ0v) is 12.6. The standard InChI is InChI=1S/C17H16O4S/c18-9-15-11(19)8-13(21-15)10-5-6-17-14(7-10)20-12-3-1-2-4-16(12)22-17/h1-7,11,13,15,18-19H,8-9H2. The van der Waals surface area contributed by atoms with Gasteiger partial charge in [0.05, 0.1) is 28.6 Å². The summed E-state index contributed by atoms with van der Waals surface area (Å²) >= 11 is 1.68. The first-order valence-corrected chi connectivity index (χ1v) is 8.09. The van der Waals surface area contributed by atoms with Crippen LogP contribution in [0, 0.1) is 0 Å². The summed E-state index contributed by atoms with van der Waals surface area (Å²) < 4.78 is 11.7. The lowest BCUT2D eigenvalue weighted by Gasteiger charge is -2.21. The van der Waals surface area contributed by atoms with Crippen molar-refractivity contribution in [1.82, 2.24) is 0 Å². The summed E-state index contributed by atoms with van der Waals surface area (Å²) in [6, 6.07) is 13.9. The van der Waals surface area contributed by atoms with E-state index in [0.29, 0.717) is 6.42 Å². The molecular weight excluding hydrogens is 300 g/mol. The Hall–Kier alpha value is -1.53. The number of benzene rings is 2. The van der Waals surface area contributed by atoms with Crippen LogP contribution in [-0.2, 0) is 4.74 Å². The van der Waals surface area contributed by atoms with Crippen LogP contribution in [0.3, 0.4) is 0 Å². The van der Waals surface area contributed by atoms with E-state index < -0.39 is 12.2 Å². The third-order valence-corrected chi connectivity index (χ3v) is 5.15. The quantitative estimate of drug-likeness (QED) is 0.761. The average molecular weight is 316 g/mol. The second kappa shape index (κ2) is 5.59. The van der Waals surface area contributed by atoms with E-state index >= 15 is 0 Å². The van der Waals surface area contributed by atoms with E-state index in [2.05, 4.69) is 0 Å². The fourth-order valence-electron chi connectivity index (χ4n) is 2.85. The normalized spacial score (nSPS) is 26.2. The average Bonchev–Trinajstić information content (AvgIpc) is 2.93. The van der Waals surface area contributed by atoms with E-state index in [9.17, 15) is 10.2 Å². The number of fused-ring (bicyclic) bond motifs is 2. The van der Waals surface area contributed by atoms with Crippen LogP contribution in [0.5, 0.6) is 11.5 Å². The maximum atomic E-state index is 9.87. The molecule has 0 radical (unpaired) electrons. The molecule has 5 heteroatoms. The Kier molecular flexibility index (Phi) is 3.58. The summed E-state index contributed by atoms with van der Waals surface area (Å²) in [6.07, 6.45) is -0.837. The summed E-state index contributed by atoms with van der Waals surface area (Å²) in [6.45, 7) is -0.164. The van der Waals surface area contributed by atoms with E-state index in [1.54, 1.807) is 11.8 Å². The molecule has 114 valence electrons. The molecule has 2 aromatic rings. The molecule has 1 fully saturated rings. The third-order valence-electron chi connectivity index (χ3n) is 4.03. The molecule has 2 aliphatic rings. The minimum Gasteiger partial charge on any atom is -0.455 e. The first-order chi connectivity index (χ1) is 10.7. The fraction of sp³-hybridized carbons (Fsp3) is 0.294. The second-order valence-electron chi connectivity index (χ2n) is 5.51. The number of para-hydroxylation sites is 1. The van der Waals surface area contributed by atoms with Gasteiger partial charge in [-0.3, -0.25) is 0 Å². The van der Waals surface area contributed by atoms with Crippen molar-refractivity contribution in [3.05, 3.63) is 48.0 Å². The van der Waals surface area contributed by atoms with Gasteiger partial charge in [-0.2, -0.15) is 0 Å². The van der Waals surface area contributed by atoms with Gasteiger partial charge in [0.25, 0.3) is 0 Å². The van der Waals surface area contributed by atoms with Crippen molar-refractivity contribution in [1.29, 1.82) is 0 Å². The monoisotopic (exact) mass is 316 g/mol. The predicted octanol–water partition coefficient (Wildman–Crippen LogP) is 3.13. The van der Waals surface area contributed by atoms with Crippen LogP contribution in [0.4, 0.5) is 0 Å². The molecule has 0 amide bonds. The highest BCUT2D eigenvalue weighted by atomic mass is 32.2. The van der Waals surface area contributed by atoms with Gasteiger partial charge in [-0.25, -0.2) is 0 Å². The maximum absolute atomic E-state index is 9.87. The molecular formula is C17H16O4S. The zero-order chi connectivity index (χ0) is 15.1. The van der Waals surface area contributed by atoms with Crippen LogP contribution in [0.1, 0.15) is 18.1 Å². The molecule has 4 nitrogen and oxygen atoms in total. The van der Waals surface area contributed by atoms with Gasteiger partial charge in [-0.05, 0) is 29.8 Å². The number of hydrogen-bond donors (Lipinski definition) is 2. The summed E-state index contributed by atoms with van der Waals surface area (Å²) in [5.74, 6) is 1.67. The number of aliphatic hydroxyl groups is 2. The molecule has 4 rings (SSSR count). The summed E-state index contributed by atoms with van der Waals surface area (Å²) in [4.78, 5) is 2.18. The van der Waals surface area contributed by atoms with E-state index in [1.807, 2.05) is 42.5 Å². The molecule has 0 bridgehead atoms. The molecule has 3 unspecified atom stereocenters. The number of aliphatic hydroxyl groups excluding tert-OH is 2. The molecule has 0 spiro atoms. The van der Waals surface area contributed by atoms with Crippen LogP contribution in [0.2, 0.25) is 0 Å². The Morgan fingerprint density at radius 1 is 1.09 bits per heavy atom. The third kappa shape index (κ3) is 2.40. The van der Waals surface area contributed by atoms with Crippen molar-refractivity contribution >= 4 is 11.8 Å². The van der Waals surface area contributed by atoms with Gasteiger partial charge in [0.15, 0.2) is 0 Å². The Morgan fingerprint density at radius 2 is 1.91 bits per heavy atom. The molecule has 2 aromatic carbocycles. The smallest absolute Gasteiger partial charge is 0.141 e. The van der Waals surface area contributed by atoms with Crippen LogP contribution >= 0.6 is 11.8 Å². The van der Waals surface area contributed by atoms with Crippen molar-refractivity contribution < 1.29 is 19.7 Å². The summed E-state index contributed by atoms with van der Waals surface area (Å²) in [5.41, 5.74) is 0.966. The van der Waals surface area contributed by atoms with Gasteiger partial charge in [0, 0.05) is 6.42 Å². The summed E-state index contributed by atoms with van der Waals surface area (Å²) in [7, 11) is 0. The van der Waals surface area contributed by atoms with E-state index in [0.717, 1.165) is 26.9 Å². The minimum absolute atomic E-state index is 0.164. The maximum Gasteiger partial charge on any atom is 0.141 e. The highest BCUT2D eigenvalue weighted by Gasteiger charge is 2.34.